The number of benzene rings is 1. The van der Waals surface area contributed by atoms with Crippen LogP contribution in [0.5, 0.6) is 5.75 Å². The summed E-state index contributed by atoms with van der Waals surface area (Å²) in [5.74, 6) is -0.345. The van der Waals surface area contributed by atoms with E-state index in [1.165, 1.54) is 6.07 Å². The fourth-order valence-electron chi connectivity index (χ4n) is 1.60. The average molecular weight is 340 g/mol. The molecule has 7 heteroatoms. The minimum absolute atomic E-state index is 0.0761. The lowest BCUT2D eigenvalue weighted by Crippen LogP contribution is -2.01. The van der Waals surface area contributed by atoms with Crippen molar-refractivity contribution in [2.24, 2.45) is 0 Å². The summed E-state index contributed by atoms with van der Waals surface area (Å²) in [7, 11) is 0. The minimum Gasteiger partial charge on any atom is -0.493 e. The number of ether oxygens (including phenoxy) is 1. The van der Waals surface area contributed by atoms with E-state index in [1.54, 1.807) is 18.2 Å². The Labute approximate surface area is 122 Å². The largest absolute Gasteiger partial charge is 0.493 e. The highest BCUT2D eigenvalue weighted by atomic mass is 79.9. The molecule has 0 aliphatic rings. The molecule has 0 amide bonds. The number of hydrogen-bond donors (Lipinski definition) is 0. The van der Waals surface area contributed by atoms with Crippen LogP contribution in [0.25, 0.3) is 0 Å². The third kappa shape index (κ3) is 2.88. The van der Waals surface area contributed by atoms with Gasteiger partial charge in [-0.1, -0.05) is 0 Å². The number of furan rings is 1. The molecule has 0 atom stereocenters. The summed E-state index contributed by atoms with van der Waals surface area (Å²) in [5, 5.41) is 10.5. The van der Waals surface area contributed by atoms with Gasteiger partial charge in [-0.15, -0.1) is 0 Å². The van der Waals surface area contributed by atoms with Crippen LogP contribution in [0.1, 0.15) is 23.0 Å². The Balaban J connectivity index is 2.28. The van der Waals surface area contributed by atoms with Crippen molar-refractivity contribution < 1.29 is 18.9 Å². The highest BCUT2D eigenvalue weighted by molar-refractivity contribution is 9.10. The minimum atomic E-state index is -0.690. The van der Waals surface area contributed by atoms with E-state index in [0.717, 1.165) is 6.07 Å². The van der Waals surface area contributed by atoms with Crippen LogP contribution in [0, 0.1) is 10.1 Å². The van der Waals surface area contributed by atoms with E-state index in [0.29, 0.717) is 22.4 Å². The quantitative estimate of drug-likeness (QED) is 0.472. The third-order valence-corrected chi connectivity index (χ3v) is 3.11. The summed E-state index contributed by atoms with van der Waals surface area (Å²) in [4.78, 5) is 22.0. The summed E-state index contributed by atoms with van der Waals surface area (Å²) >= 11 is 3.30. The van der Waals surface area contributed by atoms with E-state index in [-0.39, 0.29) is 5.76 Å². The number of nitro groups is 1. The SMILES string of the molecule is CCOc1ccc(C(=O)c2ccc([N+](=O)[O-])o2)cc1Br. The Hall–Kier alpha value is -2.15. The number of ketones is 1. The van der Waals surface area contributed by atoms with Crippen molar-refractivity contribution in [1.29, 1.82) is 0 Å². The number of carbonyl (C=O) groups is 1. The van der Waals surface area contributed by atoms with Crippen molar-refractivity contribution in [1.82, 2.24) is 0 Å². The van der Waals surface area contributed by atoms with Crippen molar-refractivity contribution in [3.8, 4) is 5.75 Å². The predicted molar refractivity (Wildman–Crippen MR) is 74.1 cm³/mol. The van der Waals surface area contributed by atoms with Crippen molar-refractivity contribution >= 4 is 27.6 Å². The first-order valence-corrected chi connectivity index (χ1v) is 6.53. The third-order valence-electron chi connectivity index (χ3n) is 2.49. The predicted octanol–water partition coefficient (Wildman–Crippen LogP) is 3.58. The van der Waals surface area contributed by atoms with Crippen LogP contribution in [-0.4, -0.2) is 17.3 Å². The zero-order valence-electron chi connectivity index (χ0n) is 10.5. The van der Waals surface area contributed by atoms with Gasteiger partial charge in [0.2, 0.25) is 5.78 Å². The summed E-state index contributed by atoms with van der Waals surface area (Å²) in [6.45, 7) is 2.36. The first-order chi connectivity index (χ1) is 9.52. The first kappa shape index (κ1) is 14.3. The molecule has 0 spiro atoms. The van der Waals surface area contributed by atoms with Crippen LogP contribution in [0.4, 0.5) is 5.88 Å². The molecule has 2 rings (SSSR count). The van der Waals surface area contributed by atoms with E-state index in [2.05, 4.69) is 15.9 Å². The molecule has 20 heavy (non-hydrogen) atoms. The number of hydrogen-bond acceptors (Lipinski definition) is 5. The topological polar surface area (TPSA) is 82.6 Å². The molecule has 0 aliphatic heterocycles. The molecule has 0 unspecified atom stereocenters. The molecule has 1 aromatic heterocycles. The molecule has 1 aromatic carbocycles. The Morgan fingerprint density at radius 3 is 2.70 bits per heavy atom. The molecule has 0 radical (unpaired) electrons. The molecular weight excluding hydrogens is 330 g/mol. The molecule has 6 nitrogen and oxygen atoms in total. The van der Waals surface area contributed by atoms with Gasteiger partial charge in [0.25, 0.3) is 0 Å². The fraction of sp³-hybridized carbons (Fsp3) is 0.154. The van der Waals surface area contributed by atoms with Gasteiger partial charge in [-0.05, 0) is 47.1 Å². The van der Waals surface area contributed by atoms with Crippen molar-refractivity contribution in [3.05, 3.63) is 56.2 Å². The summed E-state index contributed by atoms with van der Waals surface area (Å²) < 4.78 is 10.9. The summed E-state index contributed by atoms with van der Waals surface area (Å²) in [5.41, 5.74) is 0.351. The number of nitrogens with zero attached hydrogens (tertiary/aromatic N) is 1. The second kappa shape index (κ2) is 5.87. The normalized spacial score (nSPS) is 10.3. The Morgan fingerprint density at radius 1 is 1.40 bits per heavy atom. The Morgan fingerprint density at radius 2 is 2.15 bits per heavy atom. The van der Waals surface area contributed by atoms with Gasteiger partial charge >= 0.3 is 5.88 Å². The molecule has 0 aliphatic carbocycles. The van der Waals surface area contributed by atoms with Crippen LogP contribution >= 0.6 is 15.9 Å². The van der Waals surface area contributed by atoms with Gasteiger partial charge in [0.15, 0.2) is 5.76 Å². The lowest BCUT2D eigenvalue weighted by molar-refractivity contribution is -0.402. The van der Waals surface area contributed by atoms with Gasteiger partial charge < -0.3 is 9.15 Å². The summed E-state index contributed by atoms with van der Waals surface area (Å²) in [6, 6.07) is 7.24. The Kier molecular flexibility index (Phi) is 4.19. The number of rotatable bonds is 5. The fourth-order valence-corrected chi connectivity index (χ4v) is 2.10. The average Bonchev–Trinajstić information content (AvgIpc) is 2.90. The molecule has 1 heterocycles. The number of halogens is 1. The van der Waals surface area contributed by atoms with Gasteiger partial charge in [-0.2, -0.15) is 0 Å². The standard InChI is InChI=1S/C13H10BrNO5/c1-2-19-10-4-3-8(7-9(10)14)13(16)11-5-6-12(20-11)15(17)18/h3-7H,2H2,1H3. The van der Waals surface area contributed by atoms with Crippen LogP contribution < -0.4 is 4.74 Å². The zero-order chi connectivity index (χ0) is 14.7. The van der Waals surface area contributed by atoms with Crippen LogP contribution in [0.2, 0.25) is 0 Å². The molecule has 0 N–H and O–H groups in total. The van der Waals surface area contributed by atoms with E-state index >= 15 is 0 Å². The molecule has 0 bridgehead atoms. The van der Waals surface area contributed by atoms with Crippen LogP contribution in [0.3, 0.4) is 0 Å². The molecule has 0 fully saturated rings. The van der Waals surface area contributed by atoms with E-state index in [1.807, 2.05) is 6.92 Å². The second-order valence-electron chi connectivity index (χ2n) is 3.80. The van der Waals surface area contributed by atoms with E-state index < -0.39 is 16.6 Å². The lowest BCUT2D eigenvalue weighted by atomic mass is 10.1. The van der Waals surface area contributed by atoms with Crippen LogP contribution in [0.15, 0.2) is 39.2 Å². The smallest absolute Gasteiger partial charge is 0.433 e. The lowest BCUT2D eigenvalue weighted by Gasteiger charge is -2.06. The van der Waals surface area contributed by atoms with Gasteiger partial charge in [0.05, 0.1) is 17.1 Å². The Bertz CT molecular complexity index is 665. The van der Waals surface area contributed by atoms with E-state index in [9.17, 15) is 14.9 Å². The van der Waals surface area contributed by atoms with Crippen molar-refractivity contribution in [3.63, 3.8) is 0 Å². The highest BCUT2D eigenvalue weighted by Gasteiger charge is 2.19. The van der Waals surface area contributed by atoms with E-state index in [4.69, 9.17) is 9.15 Å². The highest BCUT2D eigenvalue weighted by Crippen LogP contribution is 2.27. The molecule has 2 aromatic rings. The van der Waals surface area contributed by atoms with Gasteiger partial charge in [0.1, 0.15) is 10.7 Å². The van der Waals surface area contributed by atoms with Gasteiger partial charge in [-0.25, -0.2) is 0 Å². The first-order valence-electron chi connectivity index (χ1n) is 5.74. The number of carbonyl (C=O) groups excluding carboxylic acids is 1. The maximum absolute atomic E-state index is 12.1. The molecule has 104 valence electrons. The van der Waals surface area contributed by atoms with Gasteiger partial charge in [-0.3, -0.25) is 14.9 Å². The molecule has 0 saturated heterocycles. The van der Waals surface area contributed by atoms with Crippen LogP contribution in [-0.2, 0) is 0 Å². The van der Waals surface area contributed by atoms with Crippen molar-refractivity contribution in [2.75, 3.05) is 6.61 Å². The maximum Gasteiger partial charge on any atom is 0.433 e. The maximum atomic E-state index is 12.1. The second-order valence-corrected chi connectivity index (χ2v) is 4.66. The molecule has 0 saturated carbocycles. The van der Waals surface area contributed by atoms with Crippen molar-refractivity contribution in [2.45, 2.75) is 6.92 Å². The zero-order valence-corrected chi connectivity index (χ0v) is 12.0. The monoisotopic (exact) mass is 339 g/mol. The molecular formula is C13H10BrNO5. The summed E-state index contributed by atoms with van der Waals surface area (Å²) in [6.07, 6.45) is 0. The van der Waals surface area contributed by atoms with Gasteiger partial charge in [0, 0.05) is 5.56 Å².